The third-order valence-corrected chi connectivity index (χ3v) is 11.7. The summed E-state index contributed by atoms with van der Waals surface area (Å²) in [6.07, 6.45) is 1.94. The van der Waals surface area contributed by atoms with Crippen molar-refractivity contribution in [2.45, 2.75) is 96.4 Å². The van der Waals surface area contributed by atoms with Gasteiger partial charge in [0, 0.05) is 52.0 Å². The Labute approximate surface area is 380 Å². The second kappa shape index (κ2) is 19.3. The fraction of sp³-hybridized carbons (Fsp3) is 0.404. The standard InChI is InChI=1S/C23H25BrN2O4.C23H29BrN2O3.CO2/c1-22(2,3)30-21(28)26-19-13-18(29-4)10-5-15(19)14-23(26)11-12-25(20(23)27)17-8-6-16(24)7-9-17;1-22(2,3)29-21(27)26-20-14-19(28-5)11-6-16(20)15-23(26,4)12-13-25-18-9-7-17(24)8-10-18;2-1-3/h5-10,13H,11-12,14H2,1-4H3;6-11,14,25H,12-13,15H2,1-5H3;. The highest BCUT2D eigenvalue weighted by Gasteiger charge is 2.58. The highest BCUT2D eigenvalue weighted by molar-refractivity contribution is 9.10. The van der Waals surface area contributed by atoms with Crippen molar-refractivity contribution in [3.63, 3.8) is 0 Å². The van der Waals surface area contributed by atoms with Gasteiger partial charge >= 0.3 is 18.3 Å². The molecule has 0 aliphatic carbocycles. The Morgan fingerprint density at radius 1 is 0.726 bits per heavy atom. The second-order valence-corrected chi connectivity index (χ2v) is 19.3. The summed E-state index contributed by atoms with van der Waals surface area (Å²) in [5.74, 6) is 1.27. The fourth-order valence-corrected chi connectivity index (χ4v) is 8.44. The topological polar surface area (TPSA) is 144 Å². The maximum atomic E-state index is 13.8. The molecule has 330 valence electrons. The van der Waals surface area contributed by atoms with E-state index in [4.69, 9.17) is 28.5 Å². The molecular weight excluding hydrogens is 924 g/mol. The summed E-state index contributed by atoms with van der Waals surface area (Å²) in [6, 6.07) is 27.2. The normalized spacial score (nSPS) is 18.7. The minimum absolute atomic E-state index is 0.0918. The summed E-state index contributed by atoms with van der Waals surface area (Å²) in [5, 5.41) is 3.46. The molecule has 1 N–H and O–H groups in total. The van der Waals surface area contributed by atoms with Crippen molar-refractivity contribution in [1.29, 1.82) is 0 Å². The van der Waals surface area contributed by atoms with Gasteiger partial charge in [-0.2, -0.15) is 9.59 Å². The fourth-order valence-electron chi connectivity index (χ4n) is 7.91. The highest BCUT2D eigenvalue weighted by Crippen LogP contribution is 2.48. The first kappa shape index (κ1) is 47.7. The van der Waals surface area contributed by atoms with Crippen molar-refractivity contribution in [3.05, 3.63) is 105 Å². The van der Waals surface area contributed by atoms with Gasteiger partial charge in [-0.05, 0) is 140 Å². The molecule has 1 spiro atoms. The number of ether oxygens (including phenoxy) is 4. The monoisotopic (exact) mass is 976 g/mol. The molecule has 15 heteroatoms. The smallest absolute Gasteiger partial charge is 0.415 e. The Morgan fingerprint density at radius 2 is 1.19 bits per heavy atom. The summed E-state index contributed by atoms with van der Waals surface area (Å²) in [6.45, 7) is 14.5. The number of rotatable bonds is 7. The number of hydrogen-bond donors (Lipinski definition) is 1. The Balaban J connectivity index is 0.000000220. The minimum Gasteiger partial charge on any atom is -0.497 e. The number of nitrogens with one attached hydrogen (secondary N) is 1. The van der Waals surface area contributed by atoms with Crippen LogP contribution in [0.25, 0.3) is 0 Å². The van der Waals surface area contributed by atoms with E-state index < -0.39 is 22.8 Å². The van der Waals surface area contributed by atoms with E-state index in [2.05, 4.69) is 44.1 Å². The molecule has 13 nitrogen and oxygen atoms in total. The van der Waals surface area contributed by atoms with Crippen LogP contribution in [-0.2, 0) is 36.7 Å². The van der Waals surface area contributed by atoms with Crippen LogP contribution in [0.15, 0.2) is 93.9 Å². The van der Waals surface area contributed by atoms with Crippen molar-refractivity contribution in [2.75, 3.05) is 47.3 Å². The highest BCUT2D eigenvalue weighted by atomic mass is 79.9. The quantitative estimate of drug-likeness (QED) is 0.190. The molecule has 62 heavy (non-hydrogen) atoms. The Bertz CT molecular complexity index is 2290. The van der Waals surface area contributed by atoms with Crippen molar-refractivity contribution in [3.8, 4) is 11.5 Å². The van der Waals surface area contributed by atoms with Crippen LogP contribution in [0.1, 0.15) is 72.4 Å². The Morgan fingerprint density at radius 3 is 1.69 bits per heavy atom. The van der Waals surface area contributed by atoms with Gasteiger partial charge in [0.1, 0.15) is 28.2 Å². The van der Waals surface area contributed by atoms with Crippen LogP contribution in [0.4, 0.5) is 32.3 Å². The number of fused-ring (bicyclic) bond motifs is 2. The van der Waals surface area contributed by atoms with Gasteiger partial charge in [0.2, 0.25) is 0 Å². The van der Waals surface area contributed by atoms with Gasteiger partial charge < -0.3 is 29.2 Å². The van der Waals surface area contributed by atoms with E-state index in [9.17, 15) is 14.4 Å². The van der Waals surface area contributed by atoms with E-state index in [0.29, 0.717) is 30.8 Å². The molecule has 0 bridgehead atoms. The number of halogens is 2. The first-order valence-corrected chi connectivity index (χ1v) is 21.7. The number of methoxy groups -OCH3 is 2. The Kier molecular flexibility index (Phi) is 14.9. The van der Waals surface area contributed by atoms with Crippen LogP contribution in [0.5, 0.6) is 11.5 Å². The first-order valence-electron chi connectivity index (χ1n) is 20.1. The molecule has 4 aromatic rings. The summed E-state index contributed by atoms with van der Waals surface area (Å²) < 4.78 is 24.2. The molecule has 1 saturated heterocycles. The lowest BCUT2D eigenvalue weighted by atomic mass is 9.92. The van der Waals surface area contributed by atoms with Crippen molar-refractivity contribution in [1.82, 2.24) is 0 Å². The van der Waals surface area contributed by atoms with Crippen LogP contribution in [-0.4, -0.2) is 73.8 Å². The molecule has 7 rings (SSSR count). The lowest BCUT2D eigenvalue weighted by molar-refractivity contribution is -0.191. The van der Waals surface area contributed by atoms with Gasteiger partial charge in [0.05, 0.1) is 31.1 Å². The van der Waals surface area contributed by atoms with Crippen molar-refractivity contribution < 1.29 is 42.9 Å². The molecular formula is C47H54Br2N4O9. The van der Waals surface area contributed by atoms with Gasteiger partial charge in [0.15, 0.2) is 0 Å². The molecule has 3 amide bonds. The molecule has 2 unspecified atom stereocenters. The average molecular weight is 979 g/mol. The molecule has 3 aliphatic rings. The molecule has 0 radical (unpaired) electrons. The number of carbonyl (C=O) groups is 3. The van der Waals surface area contributed by atoms with Gasteiger partial charge in [-0.15, -0.1) is 0 Å². The third kappa shape index (κ3) is 11.0. The maximum absolute atomic E-state index is 13.8. The SMILES string of the molecule is COc1ccc2c(c1)N(C(=O)OC(C)(C)C)C(C)(CCNc1ccc(Br)cc1)C2.COc1ccc2c(c1)N(C(=O)OC(C)(C)C)C1(CCN(c3ccc(Br)cc3)C1=O)C2.O=C=O. The van der Waals surface area contributed by atoms with E-state index in [1.54, 1.807) is 28.9 Å². The zero-order valence-electron chi connectivity index (χ0n) is 36.6. The number of hydrogen-bond acceptors (Lipinski definition) is 10. The zero-order valence-corrected chi connectivity index (χ0v) is 39.8. The molecule has 4 aromatic carbocycles. The van der Waals surface area contributed by atoms with E-state index in [-0.39, 0.29) is 23.7 Å². The van der Waals surface area contributed by atoms with Crippen LogP contribution in [0.3, 0.4) is 0 Å². The lowest BCUT2D eigenvalue weighted by Crippen LogP contribution is -2.56. The summed E-state index contributed by atoms with van der Waals surface area (Å²) in [5.41, 5.74) is 2.86. The third-order valence-electron chi connectivity index (χ3n) is 10.6. The first-order chi connectivity index (χ1) is 29.2. The van der Waals surface area contributed by atoms with Crippen LogP contribution in [0, 0.1) is 0 Å². The molecule has 1 fully saturated rings. The molecule has 3 heterocycles. The molecule has 2 atom stereocenters. The summed E-state index contributed by atoms with van der Waals surface area (Å²) in [7, 11) is 3.22. The van der Waals surface area contributed by atoms with E-state index in [1.165, 1.54) is 0 Å². The number of anilines is 4. The lowest BCUT2D eigenvalue weighted by Gasteiger charge is -2.37. The largest absolute Gasteiger partial charge is 0.497 e. The summed E-state index contributed by atoms with van der Waals surface area (Å²) in [4.78, 5) is 61.6. The molecule has 3 aliphatic heterocycles. The number of carbonyl (C=O) groups excluding carboxylic acids is 5. The van der Waals surface area contributed by atoms with Gasteiger partial charge in [-0.1, -0.05) is 44.0 Å². The second-order valence-electron chi connectivity index (χ2n) is 17.5. The van der Waals surface area contributed by atoms with Gasteiger partial charge in [-0.3, -0.25) is 14.6 Å². The van der Waals surface area contributed by atoms with Crippen molar-refractivity contribution >= 4 is 78.9 Å². The molecule has 0 aromatic heterocycles. The Hall–Kier alpha value is -5.37. The van der Waals surface area contributed by atoms with Gasteiger partial charge in [-0.25, -0.2) is 9.59 Å². The predicted octanol–water partition coefficient (Wildman–Crippen LogP) is 10.4. The van der Waals surface area contributed by atoms with Gasteiger partial charge in [0.25, 0.3) is 5.91 Å². The number of nitrogens with zero attached hydrogens (tertiary/aromatic N) is 3. The number of benzene rings is 4. The predicted molar refractivity (Wildman–Crippen MR) is 245 cm³/mol. The van der Waals surface area contributed by atoms with Crippen LogP contribution >= 0.6 is 31.9 Å². The summed E-state index contributed by atoms with van der Waals surface area (Å²) >= 11 is 6.89. The molecule has 0 saturated carbocycles. The van der Waals surface area contributed by atoms with E-state index >= 15 is 0 Å². The average Bonchev–Trinajstić information content (AvgIpc) is 3.81. The minimum atomic E-state index is -0.996. The van der Waals surface area contributed by atoms with Crippen LogP contribution < -0.4 is 29.5 Å². The van der Waals surface area contributed by atoms with Crippen LogP contribution in [0.2, 0.25) is 0 Å². The van der Waals surface area contributed by atoms with Crippen molar-refractivity contribution in [2.24, 2.45) is 0 Å². The maximum Gasteiger partial charge on any atom is 0.415 e. The zero-order chi connectivity index (χ0) is 45.6. The van der Waals surface area contributed by atoms with E-state index in [1.807, 2.05) is 126 Å². The van der Waals surface area contributed by atoms with E-state index in [0.717, 1.165) is 62.3 Å². The number of amides is 3.